The molecule has 1 aromatic heterocycles. The monoisotopic (exact) mass is 439 g/mol. The van der Waals surface area contributed by atoms with E-state index in [1.54, 1.807) is 12.1 Å². The molecule has 0 saturated heterocycles. The summed E-state index contributed by atoms with van der Waals surface area (Å²) in [5, 5.41) is 14.3. The molecule has 0 radical (unpaired) electrons. The van der Waals surface area contributed by atoms with Crippen molar-refractivity contribution in [2.75, 3.05) is 12.4 Å². The number of benzene rings is 2. The number of hydrogen-bond donors (Lipinski definition) is 1. The van der Waals surface area contributed by atoms with Gasteiger partial charge in [0.25, 0.3) is 5.91 Å². The number of amides is 1. The van der Waals surface area contributed by atoms with Crippen molar-refractivity contribution >= 4 is 44.4 Å². The fraction of sp³-hybridized carbons (Fsp3) is 0.0500. The Balaban J connectivity index is 1.80. The van der Waals surface area contributed by atoms with Crippen molar-refractivity contribution < 1.29 is 9.53 Å². The van der Waals surface area contributed by atoms with Gasteiger partial charge in [0.1, 0.15) is 17.4 Å². The van der Waals surface area contributed by atoms with Gasteiger partial charge in [-0.15, -0.1) is 11.3 Å². The number of nitriles is 1. The van der Waals surface area contributed by atoms with E-state index in [2.05, 4.69) is 26.2 Å². The van der Waals surface area contributed by atoms with Crippen molar-refractivity contribution in [3.8, 4) is 23.1 Å². The molecule has 0 spiro atoms. The fourth-order valence-electron chi connectivity index (χ4n) is 2.37. The second kappa shape index (κ2) is 8.62. The SMILES string of the molecule is COc1ccccc1C=C(C#N)C(=O)Nc1nc(-c2cccc(Br)c2)cs1. The maximum atomic E-state index is 12.5. The van der Waals surface area contributed by atoms with Crippen LogP contribution in [0.4, 0.5) is 5.13 Å². The van der Waals surface area contributed by atoms with Gasteiger partial charge >= 0.3 is 0 Å². The van der Waals surface area contributed by atoms with Crippen molar-refractivity contribution in [2.24, 2.45) is 0 Å². The van der Waals surface area contributed by atoms with E-state index in [1.807, 2.05) is 47.8 Å². The number of carbonyl (C=O) groups excluding carboxylic acids is 1. The number of aromatic nitrogens is 1. The Hall–Kier alpha value is -2.95. The van der Waals surface area contributed by atoms with Gasteiger partial charge < -0.3 is 4.74 Å². The van der Waals surface area contributed by atoms with Crippen LogP contribution in [0.2, 0.25) is 0 Å². The van der Waals surface area contributed by atoms with Crippen molar-refractivity contribution in [3.05, 3.63) is 69.5 Å². The van der Waals surface area contributed by atoms with E-state index in [1.165, 1.54) is 24.5 Å². The minimum Gasteiger partial charge on any atom is -0.496 e. The minimum absolute atomic E-state index is 0.0290. The number of ether oxygens (including phenoxy) is 1. The highest BCUT2D eigenvalue weighted by Gasteiger charge is 2.13. The highest BCUT2D eigenvalue weighted by molar-refractivity contribution is 9.10. The second-order valence-corrected chi connectivity index (χ2v) is 7.19. The Morgan fingerprint density at radius 3 is 2.85 bits per heavy atom. The number of hydrogen-bond acceptors (Lipinski definition) is 5. The second-order valence-electron chi connectivity index (χ2n) is 5.41. The average Bonchev–Trinajstić information content (AvgIpc) is 3.14. The Morgan fingerprint density at radius 1 is 1.30 bits per heavy atom. The van der Waals surface area contributed by atoms with Gasteiger partial charge in [-0.25, -0.2) is 4.98 Å². The minimum atomic E-state index is -0.515. The van der Waals surface area contributed by atoms with Crippen molar-refractivity contribution in [2.45, 2.75) is 0 Å². The summed E-state index contributed by atoms with van der Waals surface area (Å²) in [5.74, 6) is 0.0720. The molecule has 1 heterocycles. The van der Waals surface area contributed by atoms with Crippen LogP contribution in [0.1, 0.15) is 5.56 Å². The molecular weight excluding hydrogens is 426 g/mol. The summed E-state index contributed by atoms with van der Waals surface area (Å²) in [5.41, 5.74) is 2.31. The number of halogens is 1. The van der Waals surface area contributed by atoms with Crippen molar-refractivity contribution in [1.82, 2.24) is 4.98 Å². The van der Waals surface area contributed by atoms with Crippen LogP contribution in [-0.4, -0.2) is 18.0 Å². The lowest BCUT2D eigenvalue weighted by molar-refractivity contribution is -0.112. The van der Waals surface area contributed by atoms with Gasteiger partial charge in [0.15, 0.2) is 5.13 Å². The number of carbonyl (C=O) groups is 1. The van der Waals surface area contributed by atoms with Crippen LogP contribution in [0.15, 0.2) is 64.0 Å². The predicted molar refractivity (Wildman–Crippen MR) is 110 cm³/mol. The molecule has 0 aliphatic rings. The Labute approximate surface area is 169 Å². The molecule has 1 N–H and O–H groups in total. The molecule has 0 saturated carbocycles. The molecule has 3 aromatic rings. The lowest BCUT2D eigenvalue weighted by Crippen LogP contribution is -2.13. The first-order valence-electron chi connectivity index (χ1n) is 7.88. The molecule has 0 bridgehead atoms. The van der Waals surface area contributed by atoms with E-state index in [0.717, 1.165) is 15.7 Å². The van der Waals surface area contributed by atoms with Crippen molar-refractivity contribution in [3.63, 3.8) is 0 Å². The summed E-state index contributed by atoms with van der Waals surface area (Å²) >= 11 is 4.73. The van der Waals surface area contributed by atoms with Crippen LogP contribution < -0.4 is 10.1 Å². The van der Waals surface area contributed by atoms with Crippen LogP contribution in [0.3, 0.4) is 0 Å². The standard InChI is InChI=1S/C20H14BrN3O2S/c1-26-18-8-3-2-5-14(18)9-15(11-22)19(25)24-20-23-17(12-27-20)13-6-4-7-16(21)10-13/h2-10,12H,1H3,(H,23,24,25). The molecule has 3 rings (SSSR count). The topological polar surface area (TPSA) is 75.0 Å². The van der Waals surface area contributed by atoms with E-state index >= 15 is 0 Å². The highest BCUT2D eigenvalue weighted by Crippen LogP contribution is 2.27. The molecule has 0 unspecified atom stereocenters. The third kappa shape index (κ3) is 4.61. The normalized spacial score (nSPS) is 10.9. The van der Waals surface area contributed by atoms with Crippen molar-refractivity contribution in [1.29, 1.82) is 5.26 Å². The lowest BCUT2D eigenvalue weighted by Gasteiger charge is -2.05. The molecular formula is C20H14BrN3O2S. The first-order valence-corrected chi connectivity index (χ1v) is 9.55. The quantitative estimate of drug-likeness (QED) is 0.441. The zero-order valence-corrected chi connectivity index (χ0v) is 16.7. The Morgan fingerprint density at radius 2 is 2.11 bits per heavy atom. The maximum absolute atomic E-state index is 12.5. The number of para-hydroxylation sites is 1. The predicted octanol–water partition coefficient (Wildman–Crippen LogP) is 5.13. The molecule has 0 atom stereocenters. The molecule has 7 heteroatoms. The molecule has 134 valence electrons. The van der Waals surface area contributed by atoms with Gasteiger partial charge in [0.2, 0.25) is 0 Å². The van der Waals surface area contributed by atoms with E-state index in [4.69, 9.17) is 4.74 Å². The third-order valence-corrected chi connectivity index (χ3v) is 4.90. The summed E-state index contributed by atoms with van der Waals surface area (Å²) < 4.78 is 6.20. The number of nitrogens with zero attached hydrogens (tertiary/aromatic N) is 2. The molecule has 2 aromatic carbocycles. The fourth-order valence-corrected chi connectivity index (χ4v) is 3.48. The molecule has 1 amide bonds. The van der Waals surface area contributed by atoms with Crippen LogP contribution in [0, 0.1) is 11.3 Å². The first kappa shape index (κ1) is 18.8. The van der Waals surface area contributed by atoms with E-state index in [0.29, 0.717) is 16.4 Å². The number of anilines is 1. The smallest absolute Gasteiger partial charge is 0.268 e. The Bertz CT molecular complexity index is 1050. The number of thiazole rings is 1. The number of rotatable bonds is 5. The van der Waals surface area contributed by atoms with Crippen LogP contribution in [-0.2, 0) is 4.79 Å². The summed E-state index contributed by atoms with van der Waals surface area (Å²) in [6, 6.07) is 16.8. The molecule has 0 aliphatic carbocycles. The first-order chi connectivity index (χ1) is 13.1. The average molecular weight is 440 g/mol. The van der Waals surface area contributed by atoms with Gasteiger partial charge in [0.05, 0.1) is 12.8 Å². The van der Waals surface area contributed by atoms with E-state index < -0.39 is 5.91 Å². The van der Waals surface area contributed by atoms with Gasteiger partial charge in [-0.05, 0) is 24.3 Å². The summed E-state index contributed by atoms with van der Waals surface area (Å²) in [4.78, 5) is 16.9. The molecule has 5 nitrogen and oxygen atoms in total. The zero-order chi connectivity index (χ0) is 19.2. The van der Waals surface area contributed by atoms with E-state index in [9.17, 15) is 10.1 Å². The van der Waals surface area contributed by atoms with Gasteiger partial charge in [-0.1, -0.05) is 46.3 Å². The molecule has 0 aliphatic heterocycles. The summed E-state index contributed by atoms with van der Waals surface area (Å²) in [6.45, 7) is 0. The van der Waals surface area contributed by atoms with Crippen LogP contribution >= 0.6 is 27.3 Å². The third-order valence-electron chi connectivity index (χ3n) is 3.65. The highest BCUT2D eigenvalue weighted by atomic mass is 79.9. The summed E-state index contributed by atoms with van der Waals surface area (Å²) in [7, 11) is 1.54. The van der Waals surface area contributed by atoms with E-state index in [-0.39, 0.29) is 5.57 Å². The molecule has 27 heavy (non-hydrogen) atoms. The largest absolute Gasteiger partial charge is 0.496 e. The van der Waals surface area contributed by atoms with Crippen LogP contribution in [0.25, 0.3) is 17.3 Å². The summed E-state index contributed by atoms with van der Waals surface area (Å²) in [6.07, 6.45) is 1.50. The van der Waals surface area contributed by atoms with Gasteiger partial charge in [-0.3, -0.25) is 10.1 Å². The number of methoxy groups -OCH3 is 1. The van der Waals surface area contributed by atoms with Gasteiger partial charge in [0, 0.05) is 21.0 Å². The van der Waals surface area contributed by atoms with Gasteiger partial charge in [-0.2, -0.15) is 5.26 Å². The maximum Gasteiger partial charge on any atom is 0.268 e. The zero-order valence-electron chi connectivity index (χ0n) is 14.3. The molecule has 0 fully saturated rings. The Kier molecular flexibility index (Phi) is 6.01. The number of nitrogens with one attached hydrogen (secondary N) is 1. The lowest BCUT2D eigenvalue weighted by atomic mass is 10.1. The van der Waals surface area contributed by atoms with Crippen LogP contribution in [0.5, 0.6) is 5.75 Å².